The van der Waals surface area contributed by atoms with Crippen LogP contribution >= 0.6 is 0 Å². The number of carbonyl (C=O) groups is 1. The molecule has 0 spiro atoms. The van der Waals surface area contributed by atoms with E-state index in [2.05, 4.69) is 19.2 Å². The number of amides is 1. The highest BCUT2D eigenvalue weighted by molar-refractivity contribution is 5.95. The molecule has 3 nitrogen and oxygen atoms in total. The Morgan fingerprint density at radius 3 is 2.55 bits per heavy atom. The maximum atomic E-state index is 13.6. The van der Waals surface area contributed by atoms with Crippen molar-refractivity contribution < 1.29 is 9.18 Å². The summed E-state index contributed by atoms with van der Waals surface area (Å²) in [4.78, 5) is 12.2. The maximum Gasteiger partial charge on any atom is 0.251 e. The van der Waals surface area contributed by atoms with Gasteiger partial charge in [-0.15, -0.1) is 0 Å². The van der Waals surface area contributed by atoms with Gasteiger partial charge in [-0.25, -0.2) is 4.39 Å². The van der Waals surface area contributed by atoms with E-state index in [1.54, 1.807) is 6.92 Å². The van der Waals surface area contributed by atoms with E-state index in [4.69, 9.17) is 5.73 Å². The van der Waals surface area contributed by atoms with Gasteiger partial charge in [0.15, 0.2) is 0 Å². The minimum atomic E-state index is -0.434. The van der Waals surface area contributed by atoms with Gasteiger partial charge in [-0.2, -0.15) is 0 Å². The molecule has 0 aromatic heterocycles. The Morgan fingerprint density at radius 1 is 1.30 bits per heavy atom. The first-order chi connectivity index (χ1) is 9.49. The Bertz CT molecular complexity index is 437. The highest BCUT2D eigenvalue weighted by Gasteiger charge is 2.15. The van der Waals surface area contributed by atoms with E-state index < -0.39 is 5.82 Å². The first-order valence-electron chi connectivity index (χ1n) is 7.36. The lowest BCUT2D eigenvalue weighted by atomic mass is 10.0. The third-order valence-corrected chi connectivity index (χ3v) is 3.53. The molecule has 0 saturated carbocycles. The van der Waals surface area contributed by atoms with Crippen LogP contribution in [0, 0.1) is 12.7 Å². The van der Waals surface area contributed by atoms with E-state index in [9.17, 15) is 9.18 Å². The number of hydrogen-bond donors (Lipinski definition) is 2. The molecular weight excluding hydrogens is 255 g/mol. The van der Waals surface area contributed by atoms with Crippen molar-refractivity contribution in [3.05, 3.63) is 29.1 Å². The fourth-order valence-electron chi connectivity index (χ4n) is 2.19. The molecule has 0 saturated heterocycles. The summed E-state index contributed by atoms with van der Waals surface area (Å²) >= 11 is 0. The van der Waals surface area contributed by atoms with E-state index in [0.717, 1.165) is 32.1 Å². The molecule has 1 aromatic carbocycles. The molecule has 1 unspecified atom stereocenters. The van der Waals surface area contributed by atoms with Crippen molar-refractivity contribution in [2.24, 2.45) is 0 Å². The summed E-state index contributed by atoms with van der Waals surface area (Å²) in [6.07, 6.45) is 5.09. The van der Waals surface area contributed by atoms with Crippen molar-refractivity contribution >= 4 is 11.6 Å². The summed E-state index contributed by atoms with van der Waals surface area (Å²) < 4.78 is 13.6. The summed E-state index contributed by atoms with van der Waals surface area (Å²) in [5.74, 6) is -0.680. The quantitative estimate of drug-likeness (QED) is 0.746. The second-order valence-corrected chi connectivity index (χ2v) is 5.27. The van der Waals surface area contributed by atoms with E-state index in [1.165, 1.54) is 12.1 Å². The fourth-order valence-corrected chi connectivity index (χ4v) is 2.19. The Labute approximate surface area is 120 Å². The summed E-state index contributed by atoms with van der Waals surface area (Å²) in [6, 6.07) is 2.94. The Kier molecular flexibility index (Phi) is 6.49. The van der Waals surface area contributed by atoms with Gasteiger partial charge in [-0.3, -0.25) is 4.79 Å². The van der Waals surface area contributed by atoms with Crippen LogP contribution in [0.2, 0.25) is 0 Å². The van der Waals surface area contributed by atoms with Gasteiger partial charge in [0.1, 0.15) is 5.82 Å². The van der Waals surface area contributed by atoms with Crippen molar-refractivity contribution in [2.75, 3.05) is 5.73 Å². The fraction of sp³-hybridized carbons (Fsp3) is 0.562. The van der Waals surface area contributed by atoms with Crippen LogP contribution in [0.25, 0.3) is 0 Å². The average Bonchev–Trinajstić information content (AvgIpc) is 2.41. The normalized spacial score (nSPS) is 12.2. The molecule has 1 atom stereocenters. The second-order valence-electron chi connectivity index (χ2n) is 5.27. The smallest absolute Gasteiger partial charge is 0.251 e. The number of nitrogens with two attached hydrogens (primary N) is 1. The Morgan fingerprint density at radius 2 is 2.00 bits per heavy atom. The SMILES string of the molecule is CCCCC(CCC)NC(=O)c1cc(N)c(C)c(F)c1. The topological polar surface area (TPSA) is 55.1 Å². The molecular formula is C16H25FN2O. The summed E-state index contributed by atoms with van der Waals surface area (Å²) in [6.45, 7) is 5.82. The third kappa shape index (κ3) is 4.51. The zero-order valence-electron chi connectivity index (χ0n) is 12.6. The monoisotopic (exact) mass is 280 g/mol. The standard InChI is InChI=1S/C16H25FN2O/c1-4-6-8-13(7-5-2)19-16(20)12-9-14(17)11(3)15(18)10-12/h9-10,13H,4-8,18H2,1-3H3,(H,19,20). The predicted octanol–water partition coefficient (Wildman–Crippen LogP) is 3.81. The van der Waals surface area contributed by atoms with Crippen LogP contribution in [0.3, 0.4) is 0 Å². The number of hydrogen-bond acceptors (Lipinski definition) is 2. The maximum absolute atomic E-state index is 13.6. The van der Waals surface area contributed by atoms with Crippen molar-refractivity contribution in [3.63, 3.8) is 0 Å². The molecule has 4 heteroatoms. The lowest BCUT2D eigenvalue weighted by Crippen LogP contribution is -2.34. The molecule has 0 aliphatic rings. The number of halogens is 1. The number of benzene rings is 1. The molecule has 112 valence electrons. The van der Waals surface area contributed by atoms with E-state index in [-0.39, 0.29) is 11.9 Å². The first kappa shape index (κ1) is 16.5. The number of carbonyl (C=O) groups excluding carboxylic acids is 1. The van der Waals surface area contributed by atoms with Gasteiger partial charge in [0.2, 0.25) is 0 Å². The highest BCUT2D eigenvalue weighted by Crippen LogP contribution is 2.18. The molecule has 0 fully saturated rings. The Balaban J connectivity index is 2.78. The van der Waals surface area contributed by atoms with Gasteiger partial charge in [0, 0.05) is 22.9 Å². The lowest BCUT2D eigenvalue weighted by molar-refractivity contribution is 0.0931. The predicted molar refractivity (Wildman–Crippen MR) is 81.2 cm³/mol. The van der Waals surface area contributed by atoms with Crippen LogP contribution in [0.1, 0.15) is 61.9 Å². The molecule has 0 heterocycles. The van der Waals surface area contributed by atoms with Gasteiger partial charge in [0.25, 0.3) is 5.91 Å². The molecule has 20 heavy (non-hydrogen) atoms. The lowest BCUT2D eigenvalue weighted by Gasteiger charge is -2.18. The number of nitrogens with one attached hydrogen (secondary N) is 1. The molecule has 0 aliphatic heterocycles. The van der Waals surface area contributed by atoms with Crippen molar-refractivity contribution in [1.29, 1.82) is 0 Å². The number of rotatable bonds is 7. The summed E-state index contributed by atoms with van der Waals surface area (Å²) in [5.41, 5.74) is 6.71. The van der Waals surface area contributed by atoms with Crippen LogP contribution in [-0.2, 0) is 0 Å². The van der Waals surface area contributed by atoms with Gasteiger partial charge in [-0.1, -0.05) is 33.1 Å². The third-order valence-electron chi connectivity index (χ3n) is 3.53. The van der Waals surface area contributed by atoms with Gasteiger partial charge in [0.05, 0.1) is 0 Å². The Hall–Kier alpha value is -1.58. The van der Waals surface area contributed by atoms with Crippen molar-refractivity contribution in [3.8, 4) is 0 Å². The average molecular weight is 280 g/mol. The molecule has 1 amide bonds. The van der Waals surface area contributed by atoms with Gasteiger partial charge in [-0.05, 0) is 31.9 Å². The van der Waals surface area contributed by atoms with E-state index in [0.29, 0.717) is 16.8 Å². The van der Waals surface area contributed by atoms with Crippen LogP contribution in [0.15, 0.2) is 12.1 Å². The zero-order valence-corrected chi connectivity index (χ0v) is 12.6. The molecule has 0 aliphatic carbocycles. The van der Waals surface area contributed by atoms with Crippen LogP contribution in [0.5, 0.6) is 0 Å². The number of anilines is 1. The van der Waals surface area contributed by atoms with E-state index >= 15 is 0 Å². The molecule has 0 bridgehead atoms. The number of nitrogen functional groups attached to an aromatic ring is 1. The number of unbranched alkanes of at least 4 members (excludes halogenated alkanes) is 1. The van der Waals surface area contributed by atoms with Crippen LogP contribution in [0.4, 0.5) is 10.1 Å². The zero-order chi connectivity index (χ0) is 15.1. The molecule has 0 radical (unpaired) electrons. The molecule has 3 N–H and O–H groups in total. The van der Waals surface area contributed by atoms with Crippen molar-refractivity contribution in [2.45, 2.75) is 58.9 Å². The molecule has 1 rings (SSSR count). The minimum absolute atomic E-state index is 0.151. The molecule has 1 aromatic rings. The first-order valence-corrected chi connectivity index (χ1v) is 7.36. The second kappa shape index (κ2) is 7.88. The van der Waals surface area contributed by atoms with Crippen molar-refractivity contribution in [1.82, 2.24) is 5.32 Å². The van der Waals surface area contributed by atoms with Crippen LogP contribution < -0.4 is 11.1 Å². The van der Waals surface area contributed by atoms with Gasteiger partial charge >= 0.3 is 0 Å². The summed E-state index contributed by atoms with van der Waals surface area (Å²) in [7, 11) is 0. The van der Waals surface area contributed by atoms with Gasteiger partial charge < -0.3 is 11.1 Å². The highest BCUT2D eigenvalue weighted by atomic mass is 19.1. The minimum Gasteiger partial charge on any atom is -0.398 e. The van der Waals surface area contributed by atoms with E-state index in [1.807, 2.05) is 0 Å². The van der Waals surface area contributed by atoms with Crippen LogP contribution in [-0.4, -0.2) is 11.9 Å². The summed E-state index contributed by atoms with van der Waals surface area (Å²) in [5, 5.41) is 2.98. The largest absolute Gasteiger partial charge is 0.398 e.